The van der Waals surface area contributed by atoms with E-state index in [2.05, 4.69) is 0 Å². The van der Waals surface area contributed by atoms with Gasteiger partial charge in [-0.25, -0.2) is 4.79 Å². The van der Waals surface area contributed by atoms with E-state index in [0.29, 0.717) is 0 Å². The van der Waals surface area contributed by atoms with Crippen molar-refractivity contribution < 1.29 is 24.2 Å². The molecule has 0 spiro atoms. The molecule has 3 N–H and O–H groups in total. The summed E-state index contributed by atoms with van der Waals surface area (Å²) < 4.78 is 9.74. The number of hydrogen-bond donors (Lipinski definition) is 2. The maximum atomic E-state index is 11.0. The molecule has 6 nitrogen and oxygen atoms in total. The molecular weight excluding hydrogens is 214 g/mol. The molecule has 0 fully saturated rings. The Hall–Kier alpha value is -2.24. The van der Waals surface area contributed by atoms with Crippen molar-refractivity contribution in [1.29, 1.82) is 0 Å². The Morgan fingerprint density at radius 1 is 1.19 bits per heavy atom. The average molecular weight is 225 g/mol. The van der Waals surface area contributed by atoms with Crippen LogP contribution in [-0.4, -0.2) is 31.2 Å². The van der Waals surface area contributed by atoms with Crippen LogP contribution in [0.2, 0.25) is 0 Å². The number of carbonyl (C=O) groups excluding carboxylic acids is 1. The standard InChI is InChI=1S/C10H11NO5/c1-15-6-3-5(9(11)12)4-7(16-2)8(6)10(13)14/h3-4H,1-2H3,(H2,11,12)(H,13,14). The minimum Gasteiger partial charge on any atom is -0.496 e. The Bertz CT molecular complexity index is 416. The number of primary amides is 1. The molecule has 0 atom stereocenters. The molecule has 0 radical (unpaired) electrons. The SMILES string of the molecule is COc1cc(C(N)=O)cc(OC)c1C(=O)O. The lowest BCUT2D eigenvalue weighted by molar-refractivity contribution is 0.0689. The lowest BCUT2D eigenvalue weighted by Gasteiger charge is -2.11. The van der Waals surface area contributed by atoms with E-state index in [1.54, 1.807) is 0 Å². The molecule has 1 rings (SSSR count). The fourth-order valence-corrected chi connectivity index (χ4v) is 1.26. The number of amides is 1. The Kier molecular flexibility index (Phi) is 3.34. The third kappa shape index (κ3) is 2.05. The Labute approximate surface area is 91.6 Å². The zero-order chi connectivity index (χ0) is 12.3. The predicted octanol–water partition coefficient (Wildman–Crippen LogP) is 0.501. The van der Waals surface area contributed by atoms with E-state index in [1.165, 1.54) is 26.4 Å². The summed E-state index contributed by atoms with van der Waals surface area (Å²) >= 11 is 0. The second-order valence-corrected chi connectivity index (χ2v) is 2.93. The maximum absolute atomic E-state index is 11.0. The van der Waals surface area contributed by atoms with Crippen molar-refractivity contribution in [2.45, 2.75) is 0 Å². The first-order chi connectivity index (χ1) is 7.51. The van der Waals surface area contributed by atoms with E-state index in [4.69, 9.17) is 20.3 Å². The van der Waals surface area contributed by atoms with Gasteiger partial charge >= 0.3 is 5.97 Å². The normalized spacial score (nSPS) is 9.62. The van der Waals surface area contributed by atoms with Crippen molar-refractivity contribution in [3.8, 4) is 11.5 Å². The van der Waals surface area contributed by atoms with Crippen molar-refractivity contribution in [3.05, 3.63) is 23.3 Å². The van der Waals surface area contributed by atoms with Crippen LogP contribution in [0.25, 0.3) is 0 Å². The first-order valence-corrected chi connectivity index (χ1v) is 4.30. The van der Waals surface area contributed by atoms with Gasteiger partial charge in [0.25, 0.3) is 0 Å². The van der Waals surface area contributed by atoms with Gasteiger partial charge in [0.2, 0.25) is 5.91 Å². The summed E-state index contributed by atoms with van der Waals surface area (Å²) in [6.45, 7) is 0. The van der Waals surface area contributed by atoms with Crippen LogP contribution in [0.1, 0.15) is 20.7 Å². The summed E-state index contributed by atoms with van der Waals surface area (Å²) in [6, 6.07) is 2.52. The number of carboxylic acid groups (broad SMARTS) is 1. The van der Waals surface area contributed by atoms with Crippen molar-refractivity contribution in [1.82, 2.24) is 0 Å². The number of hydrogen-bond acceptors (Lipinski definition) is 4. The van der Waals surface area contributed by atoms with Crippen molar-refractivity contribution in [2.75, 3.05) is 14.2 Å². The van der Waals surface area contributed by atoms with Crippen LogP contribution in [0.3, 0.4) is 0 Å². The predicted molar refractivity (Wildman–Crippen MR) is 55.0 cm³/mol. The van der Waals surface area contributed by atoms with Gasteiger partial charge in [0, 0.05) is 5.56 Å². The summed E-state index contributed by atoms with van der Waals surface area (Å²) in [5, 5.41) is 8.96. The van der Waals surface area contributed by atoms with Gasteiger partial charge in [-0.05, 0) is 12.1 Å². The smallest absolute Gasteiger partial charge is 0.343 e. The van der Waals surface area contributed by atoms with Gasteiger partial charge < -0.3 is 20.3 Å². The largest absolute Gasteiger partial charge is 0.496 e. The van der Waals surface area contributed by atoms with E-state index in [-0.39, 0.29) is 22.6 Å². The highest BCUT2D eigenvalue weighted by molar-refractivity contribution is 5.99. The van der Waals surface area contributed by atoms with Crippen molar-refractivity contribution in [2.24, 2.45) is 5.73 Å². The highest BCUT2D eigenvalue weighted by atomic mass is 16.5. The van der Waals surface area contributed by atoms with E-state index in [1.807, 2.05) is 0 Å². The van der Waals surface area contributed by atoms with E-state index in [9.17, 15) is 9.59 Å². The minimum absolute atomic E-state index is 0.0284. The van der Waals surface area contributed by atoms with Crippen LogP contribution in [0.4, 0.5) is 0 Å². The van der Waals surface area contributed by atoms with Crippen LogP contribution in [0.5, 0.6) is 11.5 Å². The van der Waals surface area contributed by atoms with Gasteiger partial charge in [0.1, 0.15) is 17.1 Å². The van der Waals surface area contributed by atoms with Gasteiger partial charge in [-0.3, -0.25) is 4.79 Å². The van der Waals surface area contributed by atoms with Gasteiger partial charge in [-0.15, -0.1) is 0 Å². The van der Waals surface area contributed by atoms with E-state index in [0.717, 1.165) is 0 Å². The molecule has 1 aromatic rings. The van der Waals surface area contributed by atoms with Gasteiger partial charge in [-0.2, -0.15) is 0 Å². The summed E-state index contributed by atoms with van der Waals surface area (Å²) in [7, 11) is 2.60. The molecule has 16 heavy (non-hydrogen) atoms. The summed E-state index contributed by atoms with van der Waals surface area (Å²) in [5.41, 5.74) is 5.07. The van der Waals surface area contributed by atoms with Crippen molar-refractivity contribution in [3.63, 3.8) is 0 Å². The van der Waals surface area contributed by atoms with Gasteiger partial charge in [0.05, 0.1) is 14.2 Å². The number of ether oxygens (including phenoxy) is 2. The van der Waals surface area contributed by atoms with Crippen LogP contribution in [0.15, 0.2) is 12.1 Å². The number of methoxy groups -OCH3 is 2. The molecule has 0 aliphatic rings. The highest BCUT2D eigenvalue weighted by Gasteiger charge is 2.20. The Morgan fingerprint density at radius 2 is 1.62 bits per heavy atom. The lowest BCUT2D eigenvalue weighted by atomic mass is 10.1. The number of aromatic carboxylic acids is 1. The quantitative estimate of drug-likeness (QED) is 0.777. The van der Waals surface area contributed by atoms with Crippen LogP contribution in [-0.2, 0) is 0 Å². The fourth-order valence-electron chi connectivity index (χ4n) is 1.26. The van der Waals surface area contributed by atoms with Gasteiger partial charge in [-0.1, -0.05) is 0 Å². The number of nitrogens with two attached hydrogens (primary N) is 1. The molecular formula is C10H11NO5. The number of carboxylic acids is 1. The zero-order valence-corrected chi connectivity index (χ0v) is 8.81. The molecule has 0 bridgehead atoms. The second-order valence-electron chi connectivity index (χ2n) is 2.93. The molecule has 0 saturated carbocycles. The number of rotatable bonds is 4. The molecule has 1 aromatic carbocycles. The average Bonchev–Trinajstić information content (AvgIpc) is 2.26. The third-order valence-corrected chi connectivity index (χ3v) is 2.00. The molecule has 6 heteroatoms. The van der Waals surface area contributed by atoms with Crippen molar-refractivity contribution >= 4 is 11.9 Å². The minimum atomic E-state index is -1.20. The number of benzene rings is 1. The van der Waals surface area contributed by atoms with Crippen LogP contribution >= 0.6 is 0 Å². The summed E-state index contributed by atoms with van der Waals surface area (Å²) in [5.74, 6) is -1.83. The van der Waals surface area contributed by atoms with Crippen LogP contribution in [0, 0.1) is 0 Å². The first-order valence-electron chi connectivity index (χ1n) is 4.30. The monoisotopic (exact) mass is 225 g/mol. The maximum Gasteiger partial charge on any atom is 0.343 e. The number of carbonyl (C=O) groups is 2. The molecule has 0 heterocycles. The molecule has 1 amide bonds. The second kappa shape index (κ2) is 4.52. The van der Waals surface area contributed by atoms with Crippen LogP contribution < -0.4 is 15.2 Å². The first kappa shape index (κ1) is 11.8. The molecule has 0 aliphatic heterocycles. The summed E-state index contributed by atoms with van der Waals surface area (Å²) in [6.07, 6.45) is 0. The lowest BCUT2D eigenvalue weighted by Crippen LogP contribution is -2.13. The van der Waals surface area contributed by atoms with E-state index < -0.39 is 11.9 Å². The summed E-state index contributed by atoms with van der Waals surface area (Å²) in [4.78, 5) is 21.9. The topological polar surface area (TPSA) is 98.9 Å². The molecule has 0 saturated heterocycles. The molecule has 0 aliphatic carbocycles. The molecule has 0 aromatic heterocycles. The van der Waals surface area contributed by atoms with E-state index >= 15 is 0 Å². The Morgan fingerprint density at radius 3 is 1.88 bits per heavy atom. The van der Waals surface area contributed by atoms with Gasteiger partial charge in [0.15, 0.2) is 0 Å². The molecule has 0 unspecified atom stereocenters. The Balaban J connectivity index is 3.49. The molecule has 86 valence electrons. The fraction of sp³-hybridized carbons (Fsp3) is 0.200. The third-order valence-electron chi connectivity index (χ3n) is 2.00. The zero-order valence-electron chi connectivity index (χ0n) is 8.81. The highest BCUT2D eigenvalue weighted by Crippen LogP contribution is 2.30.